The van der Waals surface area contributed by atoms with Crippen LogP contribution in [0.25, 0.3) is 0 Å². The average molecular weight is 213 g/mol. The van der Waals surface area contributed by atoms with Crippen molar-refractivity contribution in [2.75, 3.05) is 13.2 Å². The molecule has 1 rings (SSSR count). The molecule has 0 spiro atoms. The third-order valence-corrected chi connectivity index (χ3v) is 2.79. The highest BCUT2D eigenvalue weighted by molar-refractivity contribution is 7.07. The molecule has 1 heterocycles. The predicted octanol–water partition coefficient (Wildman–Crippen LogP) is 2.43. The second-order valence-electron chi connectivity index (χ2n) is 3.50. The van der Waals surface area contributed by atoms with Crippen LogP contribution in [0.4, 0.5) is 0 Å². The van der Waals surface area contributed by atoms with Crippen molar-refractivity contribution in [3.05, 3.63) is 22.4 Å². The van der Waals surface area contributed by atoms with Gasteiger partial charge in [0.2, 0.25) is 0 Å². The molecule has 0 aliphatic heterocycles. The molecule has 0 saturated heterocycles. The van der Waals surface area contributed by atoms with E-state index in [4.69, 9.17) is 10.5 Å². The Morgan fingerprint density at radius 3 is 3.00 bits per heavy atom. The summed E-state index contributed by atoms with van der Waals surface area (Å²) < 4.78 is 5.40. The van der Waals surface area contributed by atoms with E-state index in [9.17, 15) is 0 Å². The highest BCUT2D eigenvalue weighted by Crippen LogP contribution is 2.09. The van der Waals surface area contributed by atoms with Crippen LogP contribution < -0.4 is 5.73 Å². The lowest BCUT2D eigenvalue weighted by molar-refractivity contribution is 0.127. The molecule has 2 nitrogen and oxygen atoms in total. The molecule has 0 aliphatic carbocycles. The third kappa shape index (κ3) is 4.74. The van der Waals surface area contributed by atoms with Crippen LogP contribution in [-0.4, -0.2) is 19.3 Å². The Morgan fingerprint density at radius 2 is 2.36 bits per heavy atom. The molecular weight excluding hydrogens is 194 g/mol. The van der Waals surface area contributed by atoms with Gasteiger partial charge >= 0.3 is 0 Å². The summed E-state index contributed by atoms with van der Waals surface area (Å²) in [4.78, 5) is 0. The summed E-state index contributed by atoms with van der Waals surface area (Å²) in [6.07, 6.45) is 3.01. The number of hydrogen-bond acceptors (Lipinski definition) is 3. The van der Waals surface area contributed by atoms with Crippen molar-refractivity contribution in [2.24, 2.45) is 5.73 Å². The third-order valence-electron chi connectivity index (χ3n) is 2.06. The zero-order chi connectivity index (χ0) is 10.2. The van der Waals surface area contributed by atoms with E-state index >= 15 is 0 Å². The summed E-state index contributed by atoms with van der Waals surface area (Å²) in [5.74, 6) is 0. The quantitative estimate of drug-likeness (QED) is 0.706. The average Bonchev–Trinajstić information content (AvgIpc) is 2.65. The summed E-state index contributed by atoms with van der Waals surface area (Å²) in [6, 6.07) is 2.37. The van der Waals surface area contributed by atoms with E-state index in [0.29, 0.717) is 0 Å². The zero-order valence-electron chi connectivity index (χ0n) is 8.74. The van der Waals surface area contributed by atoms with Crippen LogP contribution in [0.1, 0.15) is 25.3 Å². The van der Waals surface area contributed by atoms with Crippen molar-refractivity contribution in [3.63, 3.8) is 0 Å². The van der Waals surface area contributed by atoms with E-state index in [0.717, 1.165) is 32.5 Å². The number of ether oxygens (including phenoxy) is 1. The predicted molar refractivity (Wildman–Crippen MR) is 61.7 cm³/mol. The maximum absolute atomic E-state index is 5.97. The Hall–Kier alpha value is -0.380. The molecule has 3 heteroatoms. The molecule has 0 bridgehead atoms. The van der Waals surface area contributed by atoms with Crippen LogP contribution in [0.3, 0.4) is 0 Å². The molecule has 1 atom stereocenters. The van der Waals surface area contributed by atoms with Crippen molar-refractivity contribution in [1.29, 1.82) is 0 Å². The molecule has 0 saturated carbocycles. The first kappa shape index (κ1) is 11.7. The van der Waals surface area contributed by atoms with Crippen LogP contribution in [0.15, 0.2) is 16.8 Å². The number of thiophene rings is 1. The van der Waals surface area contributed by atoms with Crippen molar-refractivity contribution in [3.8, 4) is 0 Å². The Bertz CT molecular complexity index is 223. The number of rotatable bonds is 7. The number of nitrogens with two attached hydrogens (primary N) is 1. The molecule has 1 aromatic heterocycles. The summed E-state index contributed by atoms with van der Waals surface area (Å²) >= 11 is 1.73. The molecular formula is C11H19NOS. The van der Waals surface area contributed by atoms with Crippen LogP contribution in [0, 0.1) is 0 Å². The second kappa shape index (κ2) is 6.98. The van der Waals surface area contributed by atoms with Crippen molar-refractivity contribution < 1.29 is 4.74 Å². The van der Waals surface area contributed by atoms with Gasteiger partial charge < -0.3 is 10.5 Å². The summed E-state index contributed by atoms with van der Waals surface area (Å²) in [7, 11) is 0. The molecule has 0 amide bonds. The lowest BCUT2D eigenvalue weighted by Gasteiger charge is -2.10. The molecule has 0 radical (unpaired) electrons. The second-order valence-corrected chi connectivity index (χ2v) is 4.28. The van der Waals surface area contributed by atoms with Gasteiger partial charge in [-0.1, -0.05) is 6.92 Å². The van der Waals surface area contributed by atoms with E-state index in [-0.39, 0.29) is 6.04 Å². The topological polar surface area (TPSA) is 35.2 Å². The van der Waals surface area contributed by atoms with E-state index in [1.165, 1.54) is 5.56 Å². The Balaban J connectivity index is 2.07. The van der Waals surface area contributed by atoms with Gasteiger partial charge in [0.25, 0.3) is 0 Å². The minimum absolute atomic E-state index is 0.237. The van der Waals surface area contributed by atoms with Crippen molar-refractivity contribution >= 4 is 11.3 Å². The van der Waals surface area contributed by atoms with Gasteiger partial charge in [-0.3, -0.25) is 0 Å². The molecule has 2 N–H and O–H groups in total. The largest absolute Gasteiger partial charge is 0.381 e. The van der Waals surface area contributed by atoms with E-state index in [1.54, 1.807) is 11.3 Å². The smallest absolute Gasteiger partial charge is 0.0480 e. The molecule has 14 heavy (non-hydrogen) atoms. The summed E-state index contributed by atoms with van der Waals surface area (Å²) in [6.45, 7) is 3.76. The normalized spacial score (nSPS) is 13.0. The lowest BCUT2D eigenvalue weighted by atomic mass is 10.1. The molecule has 1 aromatic rings. The standard InChI is InChI=1S/C11H19NOS/c1-2-5-13-6-3-11(12)8-10-4-7-14-9-10/h4,7,9,11H,2-3,5-6,8,12H2,1H3. The fourth-order valence-electron chi connectivity index (χ4n) is 1.29. The summed E-state index contributed by atoms with van der Waals surface area (Å²) in [5.41, 5.74) is 7.32. The van der Waals surface area contributed by atoms with Gasteiger partial charge in [0.1, 0.15) is 0 Å². The monoisotopic (exact) mass is 213 g/mol. The molecule has 0 aromatic carbocycles. The SMILES string of the molecule is CCCOCCC(N)Cc1ccsc1. The van der Waals surface area contributed by atoms with Crippen molar-refractivity contribution in [2.45, 2.75) is 32.2 Å². The van der Waals surface area contributed by atoms with Gasteiger partial charge in [0.15, 0.2) is 0 Å². The van der Waals surface area contributed by atoms with Crippen LogP contribution in [0.5, 0.6) is 0 Å². The van der Waals surface area contributed by atoms with Gasteiger partial charge in [0, 0.05) is 19.3 Å². The highest BCUT2D eigenvalue weighted by Gasteiger charge is 2.03. The minimum Gasteiger partial charge on any atom is -0.381 e. The molecule has 1 unspecified atom stereocenters. The van der Waals surface area contributed by atoms with Gasteiger partial charge in [0.05, 0.1) is 0 Å². The Morgan fingerprint density at radius 1 is 1.50 bits per heavy atom. The van der Waals surface area contributed by atoms with E-state index in [2.05, 4.69) is 23.8 Å². The van der Waals surface area contributed by atoms with E-state index < -0.39 is 0 Å². The van der Waals surface area contributed by atoms with Gasteiger partial charge in [-0.25, -0.2) is 0 Å². The fourth-order valence-corrected chi connectivity index (χ4v) is 1.98. The molecule has 80 valence electrons. The summed E-state index contributed by atoms with van der Waals surface area (Å²) in [5, 5.41) is 4.25. The first-order valence-electron chi connectivity index (χ1n) is 5.17. The Kier molecular flexibility index (Phi) is 5.83. The minimum atomic E-state index is 0.237. The first-order valence-corrected chi connectivity index (χ1v) is 6.11. The van der Waals surface area contributed by atoms with Gasteiger partial charge in [-0.05, 0) is 41.7 Å². The molecule has 0 aliphatic rings. The maximum Gasteiger partial charge on any atom is 0.0480 e. The fraction of sp³-hybridized carbons (Fsp3) is 0.636. The zero-order valence-corrected chi connectivity index (χ0v) is 9.56. The van der Waals surface area contributed by atoms with Gasteiger partial charge in [-0.15, -0.1) is 0 Å². The maximum atomic E-state index is 5.97. The van der Waals surface area contributed by atoms with Crippen molar-refractivity contribution in [1.82, 2.24) is 0 Å². The van der Waals surface area contributed by atoms with Crippen LogP contribution in [0.2, 0.25) is 0 Å². The Labute approximate surface area is 90.1 Å². The first-order chi connectivity index (χ1) is 6.83. The van der Waals surface area contributed by atoms with Crippen LogP contribution in [-0.2, 0) is 11.2 Å². The highest BCUT2D eigenvalue weighted by atomic mass is 32.1. The van der Waals surface area contributed by atoms with E-state index in [1.807, 2.05) is 0 Å². The van der Waals surface area contributed by atoms with Gasteiger partial charge in [-0.2, -0.15) is 11.3 Å². The molecule has 0 fully saturated rings. The van der Waals surface area contributed by atoms with Crippen LogP contribution >= 0.6 is 11.3 Å². The lowest BCUT2D eigenvalue weighted by Crippen LogP contribution is -2.24. The number of hydrogen-bond donors (Lipinski definition) is 1.